The normalized spacial score (nSPS) is 20.5. The molecule has 0 aliphatic carbocycles. The van der Waals surface area contributed by atoms with Gasteiger partial charge in [0.25, 0.3) is 17.9 Å². The standard InChI is InChI=1S/C28H35N5O4/c1-19-17-32(15-16-33(19,27(35)36)28(3,4)5)18-21-7-13-24(14-8-21)31(6)26(34)23-11-9-22(10-12-23)25-29-20(2)30-37-25/h7-14,19H,15-18H2,1-6H3/t19-,33?/m0/s1. The van der Waals surface area contributed by atoms with Crippen molar-refractivity contribution in [2.75, 3.05) is 31.6 Å². The fourth-order valence-corrected chi connectivity index (χ4v) is 5.37. The van der Waals surface area contributed by atoms with Crippen molar-refractivity contribution in [2.24, 2.45) is 0 Å². The molecule has 9 heteroatoms. The Morgan fingerprint density at radius 3 is 2.30 bits per heavy atom. The first-order chi connectivity index (χ1) is 17.4. The molecule has 1 fully saturated rings. The van der Waals surface area contributed by atoms with Crippen molar-refractivity contribution in [3.8, 4) is 11.5 Å². The second-order valence-electron chi connectivity index (χ2n) is 10.9. The van der Waals surface area contributed by atoms with Gasteiger partial charge in [-0.05, 0) is 76.6 Å². The van der Waals surface area contributed by atoms with E-state index in [0.29, 0.717) is 36.9 Å². The summed E-state index contributed by atoms with van der Waals surface area (Å²) in [5.74, 6) is 0.860. The van der Waals surface area contributed by atoms with Gasteiger partial charge in [0.1, 0.15) is 6.04 Å². The number of carbonyl (C=O) groups is 2. The molecule has 0 bridgehead atoms. The molecule has 9 nitrogen and oxygen atoms in total. The number of rotatable bonds is 5. The van der Waals surface area contributed by atoms with Crippen LogP contribution in [0.3, 0.4) is 0 Å². The lowest BCUT2D eigenvalue weighted by molar-refractivity contribution is -0.943. The number of nitrogens with zero attached hydrogens (tertiary/aromatic N) is 5. The van der Waals surface area contributed by atoms with E-state index in [2.05, 4.69) is 15.0 Å². The molecule has 2 amide bonds. The van der Waals surface area contributed by atoms with Crippen LogP contribution in [0, 0.1) is 6.92 Å². The number of amides is 2. The quantitative estimate of drug-likeness (QED) is 0.489. The number of benzene rings is 2. The number of anilines is 1. The van der Waals surface area contributed by atoms with E-state index in [0.717, 1.165) is 23.4 Å². The molecule has 0 saturated carbocycles. The van der Waals surface area contributed by atoms with Crippen LogP contribution in [0.15, 0.2) is 53.1 Å². The zero-order valence-corrected chi connectivity index (χ0v) is 22.4. The number of carbonyl (C=O) groups excluding carboxylic acids is 2. The van der Waals surface area contributed by atoms with Gasteiger partial charge in [-0.3, -0.25) is 14.2 Å². The first kappa shape index (κ1) is 26.5. The number of piperazine rings is 1. The third-order valence-corrected chi connectivity index (χ3v) is 7.51. The molecule has 3 aromatic rings. The van der Waals surface area contributed by atoms with Gasteiger partial charge < -0.3 is 19.3 Å². The predicted molar refractivity (Wildman–Crippen MR) is 139 cm³/mol. The minimum Gasteiger partial charge on any atom is -0.498 e. The van der Waals surface area contributed by atoms with Crippen LogP contribution in [0.2, 0.25) is 0 Å². The van der Waals surface area contributed by atoms with Gasteiger partial charge >= 0.3 is 0 Å². The number of carboxylic acid groups (broad SMARTS) is 1. The van der Waals surface area contributed by atoms with Gasteiger partial charge in [0.15, 0.2) is 5.82 Å². The largest absolute Gasteiger partial charge is 0.498 e. The van der Waals surface area contributed by atoms with Crippen molar-refractivity contribution in [3.63, 3.8) is 0 Å². The van der Waals surface area contributed by atoms with E-state index < -0.39 is 11.6 Å². The highest BCUT2D eigenvalue weighted by Gasteiger charge is 2.49. The van der Waals surface area contributed by atoms with Crippen LogP contribution in [0.5, 0.6) is 0 Å². The van der Waals surface area contributed by atoms with E-state index >= 15 is 0 Å². The summed E-state index contributed by atoms with van der Waals surface area (Å²) >= 11 is 0. The summed E-state index contributed by atoms with van der Waals surface area (Å²) in [5, 5.41) is 15.9. The number of aromatic nitrogens is 2. The van der Waals surface area contributed by atoms with Crippen LogP contribution in [0.1, 0.15) is 49.4 Å². The summed E-state index contributed by atoms with van der Waals surface area (Å²) in [6, 6.07) is 14.9. The van der Waals surface area contributed by atoms with Gasteiger partial charge in [0.05, 0.1) is 18.6 Å². The first-order valence-corrected chi connectivity index (χ1v) is 12.5. The van der Waals surface area contributed by atoms with Crippen LogP contribution in [0.4, 0.5) is 10.5 Å². The fourth-order valence-electron chi connectivity index (χ4n) is 5.37. The summed E-state index contributed by atoms with van der Waals surface area (Å²) in [6.45, 7) is 12.2. The van der Waals surface area contributed by atoms with Gasteiger partial charge in [-0.25, -0.2) is 0 Å². The first-order valence-electron chi connectivity index (χ1n) is 12.5. The number of hydrogen-bond acceptors (Lipinski definition) is 7. The van der Waals surface area contributed by atoms with Crippen molar-refractivity contribution in [1.29, 1.82) is 0 Å². The Kier molecular flexibility index (Phi) is 7.21. The molecule has 1 saturated heterocycles. The summed E-state index contributed by atoms with van der Waals surface area (Å²) in [7, 11) is 1.75. The highest BCUT2D eigenvalue weighted by molar-refractivity contribution is 6.05. The molecule has 1 aliphatic heterocycles. The van der Waals surface area contributed by atoms with Crippen molar-refractivity contribution < 1.29 is 23.7 Å². The Balaban J connectivity index is 1.39. The smallest absolute Gasteiger partial charge is 0.258 e. The molecule has 4 rings (SSSR count). The third kappa shape index (κ3) is 5.14. The molecule has 37 heavy (non-hydrogen) atoms. The average Bonchev–Trinajstić information content (AvgIpc) is 3.29. The second kappa shape index (κ2) is 10.1. The van der Waals surface area contributed by atoms with E-state index in [4.69, 9.17) is 4.52 Å². The Bertz CT molecular complexity index is 1260. The zero-order valence-electron chi connectivity index (χ0n) is 22.4. The second-order valence-corrected chi connectivity index (χ2v) is 10.9. The van der Waals surface area contributed by atoms with E-state index in [1.54, 1.807) is 43.1 Å². The Morgan fingerprint density at radius 2 is 1.78 bits per heavy atom. The highest BCUT2D eigenvalue weighted by Crippen LogP contribution is 2.32. The molecular formula is C28H35N5O4. The SMILES string of the molecule is Cc1noc(-c2ccc(C(=O)N(C)c3ccc(CN4CC[N+](C(=O)[O-])(C(C)(C)C)[C@@H](C)C4)cc3)cc2)n1. The maximum atomic E-state index is 13.0. The molecule has 1 aliphatic rings. The Morgan fingerprint density at radius 1 is 1.14 bits per heavy atom. The van der Waals surface area contributed by atoms with Crippen LogP contribution >= 0.6 is 0 Å². The minimum absolute atomic E-state index is 0.0368. The lowest BCUT2D eigenvalue weighted by atomic mass is 9.95. The third-order valence-electron chi connectivity index (χ3n) is 7.51. The van der Waals surface area contributed by atoms with Gasteiger partial charge in [0.2, 0.25) is 0 Å². The van der Waals surface area contributed by atoms with Crippen molar-refractivity contribution in [2.45, 2.75) is 52.7 Å². The topological polar surface area (TPSA) is 103 Å². The summed E-state index contributed by atoms with van der Waals surface area (Å²) in [5.41, 5.74) is 2.78. The van der Waals surface area contributed by atoms with E-state index in [-0.39, 0.29) is 16.4 Å². The summed E-state index contributed by atoms with van der Waals surface area (Å²) in [6.07, 6.45) is -1.00. The summed E-state index contributed by atoms with van der Waals surface area (Å²) in [4.78, 5) is 33.3. The van der Waals surface area contributed by atoms with Crippen molar-refractivity contribution in [3.05, 3.63) is 65.5 Å². The van der Waals surface area contributed by atoms with Crippen LogP contribution in [-0.2, 0) is 6.54 Å². The van der Waals surface area contributed by atoms with Gasteiger partial charge in [-0.15, -0.1) is 0 Å². The lowest BCUT2D eigenvalue weighted by Gasteiger charge is -2.55. The number of quaternary nitrogens is 1. The molecule has 196 valence electrons. The molecule has 2 heterocycles. The fraction of sp³-hybridized carbons (Fsp3) is 0.429. The van der Waals surface area contributed by atoms with E-state index in [1.165, 1.54) is 0 Å². The number of hydrogen-bond donors (Lipinski definition) is 0. The molecule has 1 unspecified atom stereocenters. The highest BCUT2D eigenvalue weighted by atomic mass is 16.5. The van der Waals surface area contributed by atoms with Crippen LogP contribution in [-0.4, -0.2) is 69.8 Å². The maximum absolute atomic E-state index is 13.0. The molecular weight excluding hydrogens is 470 g/mol. The molecule has 2 aromatic carbocycles. The van der Waals surface area contributed by atoms with Crippen LogP contribution < -0.4 is 10.0 Å². The average molecular weight is 506 g/mol. The predicted octanol–water partition coefficient (Wildman–Crippen LogP) is 3.48. The summed E-state index contributed by atoms with van der Waals surface area (Å²) < 4.78 is 5.15. The molecule has 0 N–H and O–H groups in total. The molecule has 1 aromatic heterocycles. The van der Waals surface area contributed by atoms with Crippen molar-refractivity contribution in [1.82, 2.24) is 15.0 Å². The molecule has 2 atom stereocenters. The molecule has 0 spiro atoms. The van der Waals surface area contributed by atoms with Gasteiger partial charge in [-0.1, -0.05) is 17.3 Å². The van der Waals surface area contributed by atoms with E-state index in [1.807, 2.05) is 52.0 Å². The molecule has 0 radical (unpaired) electrons. The minimum atomic E-state index is -1.00. The van der Waals surface area contributed by atoms with Crippen LogP contribution in [0.25, 0.3) is 11.5 Å². The Hall–Kier alpha value is -3.56. The van der Waals surface area contributed by atoms with E-state index in [9.17, 15) is 14.7 Å². The Labute approximate surface area is 217 Å². The zero-order chi connectivity index (χ0) is 27.0. The van der Waals surface area contributed by atoms with Gasteiger partial charge in [0, 0.05) is 37.0 Å². The maximum Gasteiger partial charge on any atom is 0.258 e. The lowest BCUT2D eigenvalue weighted by Crippen LogP contribution is -2.76. The van der Waals surface area contributed by atoms with Gasteiger partial charge in [-0.2, -0.15) is 4.98 Å². The van der Waals surface area contributed by atoms with Crippen molar-refractivity contribution >= 4 is 17.7 Å². The monoisotopic (exact) mass is 505 g/mol. The number of aryl methyl sites for hydroxylation is 1.